The van der Waals surface area contributed by atoms with Crippen molar-refractivity contribution in [3.8, 4) is 5.75 Å². The van der Waals surface area contributed by atoms with Crippen LogP contribution in [0.2, 0.25) is 10.0 Å². The van der Waals surface area contributed by atoms with E-state index >= 15 is 0 Å². The zero-order chi connectivity index (χ0) is 21.0. The topological polar surface area (TPSA) is 75.7 Å². The Labute approximate surface area is 180 Å². The normalized spacial score (nSPS) is 15.1. The molecule has 1 aliphatic heterocycles. The van der Waals surface area contributed by atoms with E-state index in [4.69, 9.17) is 27.9 Å². The Balaban J connectivity index is 1.65. The molecular formula is C20H22Cl2N2O4S. The number of hydrogen-bond donors (Lipinski definition) is 1. The number of para-hydroxylation sites is 1. The Bertz CT molecular complexity index is 985. The molecule has 0 spiro atoms. The first-order valence-corrected chi connectivity index (χ1v) is 11.5. The van der Waals surface area contributed by atoms with E-state index in [2.05, 4.69) is 5.32 Å². The third kappa shape index (κ3) is 5.22. The summed E-state index contributed by atoms with van der Waals surface area (Å²) < 4.78 is 32.6. The fourth-order valence-electron chi connectivity index (χ4n) is 3.13. The molecule has 9 heteroatoms. The van der Waals surface area contributed by atoms with Crippen LogP contribution >= 0.6 is 23.2 Å². The van der Waals surface area contributed by atoms with Crippen molar-refractivity contribution in [1.82, 2.24) is 4.31 Å². The van der Waals surface area contributed by atoms with Crippen molar-refractivity contribution < 1.29 is 17.9 Å². The lowest BCUT2D eigenvalue weighted by atomic mass is 10.2. The predicted molar refractivity (Wildman–Crippen MR) is 114 cm³/mol. The lowest BCUT2D eigenvalue weighted by molar-refractivity contribution is -0.118. The minimum Gasteiger partial charge on any atom is -0.483 e. The SMILES string of the molecule is Cc1cc(S(=O)(=O)N2CCCCC2)ccc1OCC(=O)Nc1c(Cl)cccc1Cl. The van der Waals surface area contributed by atoms with Gasteiger partial charge in [0.25, 0.3) is 5.91 Å². The highest BCUT2D eigenvalue weighted by molar-refractivity contribution is 7.89. The average Bonchev–Trinajstić information content (AvgIpc) is 2.70. The number of anilines is 1. The molecule has 0 aliphatic carbocycles. The lowest BCUT2D eigenvalue weighted by Crippen LogP contribution is -2.35. The van der Waals surface area contributed by atoms with Crippen molar-refractivity contribution in [2.75, 3.05) is 25.0 Å². The van der Waals surface area contributed by atoms with Crippen LogP contribution in [0, 0.1) is 6.92 Å². The molecule has 1 amide bonds. The van der Waals surface area contributed by atoms with E-state index in [9.17, 15) is 13.2 Å². The number of benzene rings is 2. The number of nitrogens with one attached hydrogen (secondary N) is 1. The number of carbonyl (C=O) groups excluding carboxylic acids is 1. The van der Waals surface area contributed by atoms with Crippen molar-refractivity contribution in [1.29, 1.82) is 0 Å². The Hall–Kier alpha value is -1.80. The predicted octanol–water partition coefficient (Wildman–Crippen LogP) is 4.49. The van der Waals surface area contributed by atoms with Gasteiger partial charge in [-0.25, -0.2) is 8.42 Å². The van der Waals surface area contributed by atoms with Crippen LogP contribution in [-0.4, -0.2) is 38.3 Å². The van der Waals surface area contributed by atoms with E-state index in [1.54, 1.807) is 37.3 Å². The van der Waals surface area contributed by atoms with Crippen LogP contribution in [0.5, 0.6) is 5.75 Å². The molecule has 0 aromatic heterocycles. The highest BCUT2D eigenvalue weighted by Crippen LogP contribution is 2.30. The van der Waals surface area contributed by atoms with Gasteiger partial charge in [-0.3, -0.25) is 4.79 Å². The molecule has 156 valence electrons. The second kappa shape index (κ2) is 9.34. The molecule has 1 N–H and O–H groups in total. The molecule has 1 heterocycles. The second-order valence-electron chi connectivity index (χ2n) is 6.83. The molecule has 0 saturated carbocycles. The Morgan fingerprint density at radius 2 is 1.76 bits per heavy atom. The number of carbonyl (C=O) groups is 1. The molecule has 0 radical (unpaired) electrons. The maximum atomic E-state index is 12.8. The molecule has 1 fully saturated rings. The molecule has 0 atom stereocenters. The fraction of sp³-hybridized carbons (Fsp3) is 0.350. The Morgan fingerprint density at radius 3 is 2.38 bits per heavy atom. The number of nitrogens with zero attached hydrogens (tertiary/aromatic N) is 1. The van der Waals surface area contributed by atoms with Crippen molar-refractivity contribution in [3.05, 3.63) is 52.0 Å². The summed E-state index contributed by atoms with van der Waals surface area (Å²) in [4.78, 5) is 12.4. The number of sulfonamides is 1. The summed E-state index contributed by atoms with van der Waals surface area (Å²) in [7, 11) is -3.51. The Kier molecular flexibility index (Phi) is 7.05. The van der Waals surface area contributed by atoms with E-state index in [1.807, 2.05) is 0 Å². The zero-order valence-electron chi connectivity index (χ0n) is 16.0. The summed E-state index contributed by atoms with van der Waals surface area (Å²) in [5.74, 6) is 0.00687. The van der Waals surface area contributed by atoms with Crippen LogP contribution in [0.1, 0.15) is 24.8 Å². The number of halogens is 2. The van der Waals surface area contributed by atoms with E-state index < -0.39 is 15.9 Å². The summed E-state index contributed by atoms with van der Waals surface area (Å²) in [5, 5.41) is 3.27. The molecule has 3 rings (SSSR count). The first kappa shape index (κ1) is 21.9. The Morgan fingerprint density at radius 1 is 1.10 bits per heavy atom. The molecule has 6 nitrogen and oxygen atoms in total. The summed E-state index contributed by atoms with van der Waals surface area (Å²) in [6.45, 7) is 2.57. The van der Waals surface area contributed by atoms with E-state index in [0.29, 0.717) is 40.1 Å². The standard InChI is InChI=1S/C20H22Cl2N2O4S/c1-14-12-15(29(26,27)24-10-3-2-4-11-24)8-9-18(14)28-13-19(25)23-20-16(21)6-5-7-17(20)22/h5-9,12H,2-4,10-11,13H2,1H3,(H,23,25). The highest BCUT2D eigenvalue weighted by atomic mass is 35.5. The van der Waals surface area contributed by atoms with Crippen LogP contribution in [0.3, 0.4) is 0 Å². The van der Waals surface area contributed by atoms with Gasteiger partial charge >= 0.3 is 0 Å². The zero-order valence-corrected chi connectivity index (χ0v) is 18.3. The van der Waals surface area contributed by atoms with Crippen molar-refractivity contribution in [2.24, 2.45) is 0 Å². The number of amides is 1. The minimum atomic E-state index is -3.51. The highest BCUT2D eigenvalue weighted by Gasteiger charge is 2.26. The largest absolute Gasteiger partial charge is 0.483 e. The summed E-state index contributed by atoms with van der Waals surface area (Å²) in [6, 6.07) is 9.57. The van der Waals surface area contributed by atoms with Crippen LogP contribution in [0.25, 0.3) is 0 Å². The third-order valence-corrected chi connectivity index (χ3v) is 7.21. The number of piperidine rings is 1. The van der Waals surface area contributed by atoms with Gasteiger partial charge in [-0.1, -0.05) is 35.7 Å². The quantitative estimate of drug-likeness (QED) is 0.694. The summed E-state index contributed by atoms with van der Waals surface area (Å²) in [6.07, 6.45) is 2.81. The van der Waals surface area contributed by atoms with Crippen LogP contribution in [0.15, 0.2) is 41.3 Å². The van der Waals surface area contributed by atoms with Crippen LogP contribution in [0.4, 0.5) is 5.69 Å². The van der Waals surface area contributed by atoms with Gasteiger partial charge in [0.05, 0.1) is 20.6 Å². The molecule has 2 aromatic rings. The molecule has 1 aliphatic rings. The maximum absolute atomic E-state index is 12.8. The van der Waals surface area contributed by atoms with Gasteiger partial charge in [-0.2, -0.15) is 4.31 Å². The first-order chi connectivity index (χ1) is 13.8. The van der Waals surface area contributed by atoms with Crippen molar-refractivity contribution >= 4 is 44.8 Å². The van der Waals surface area contributed by atoms with Gasteiger partial charge in [-0.05, 0) is 55.7 Å². The molecule has 1 saturated heterocycles. The van der Waals surface area contributed by atoms with E-state index in [1.165, 1.54) is 10.4 Å². The minimum absolute atomic E-state index is 0.233. The number of hydrogen-bond acceptors (Lipinski definition) is 4. The van der Waals surface area contributed by atoms with Gasteiger partial charge in [0.2, 0.25) is 10.0 Å². The van der Waals surface area contributed by atoms with Crippen molar-refractivity contribution in [2.45, 2.75) is 31.1 Å². The molecular weight excluding hydrogens is 435 g/mol. The van der Waals surface area contributed by atoms with E-state index in [0.717, 1.165) is 19.3 Å². The van der Waals surface area contributed by atoms with E-state index in [-0.39, 0.29) is 11.5 Å². The van der Waals surface area contributed by atoms with Gasteiger partial charge in [-0.15, -0.1) is 0 Å². The smallest absolute Gasteiger partial charge is 0.262 e. The lowest BCUT2D eigenvalue weighted by Gasteiger charge is -2.26. The average molecular weight is 457 g/mol. The third-order valence-electron chi connectivity index (χ3n) is 4.69. The number of aryl methyl sites for hydroxylation is 1. The van der Waals surface area contributed by atoms with Gasteiger partial charge < -0.3 is 10.1 Å². The molecule has 29 heavy (non-hydrogen) atoms. The molecule has 2 aromatic carbocycles. The first-order valence-electron chi connectivity index (χ1n) is 9.26. The summed E-state index contributed by atoms with van der Waals surface area (Å²) in [5.41, 5.74) is 0.954. The fourth-order valence-corrected chi connectivity index (χ4v) is 5.23. The maximum Gasteiger partial charge on any atom is 0.262 e. The van der Waals surface area contributed by atoms with Crippen LogP contribution < -0.4 is 10.1 Å². The molecule has 0 unspecified atom stereocenters. The molecule has 0 bridgehead atoms. The van der Waals surface area contributed by atoms with Gasteiger partial charge in [0.1, 0.15) is 5.75 Å². The van der Waals surface area contributed by atoms with Gasteiger partial charge in [0, 0.05) is 13.1 Å². The second-order valence-corrected chi connectivity index (χ2v) is 9.58. The monoisotopic (exact) mass is 456 g/mol. The van der Waals surface area contributed by atoms with Crippen LogP contribution in [-0.2, 0) is 14.8 Å². The number of ether oxygens (including phenoxy) is 1. The number of rotatable bonds is 6. The van der Waals surface area contributed by atoms with Crippen molar-refractivity contribution in [3.63, 3.8) is 0 Å². The summed E-state index contributed by atoms with van der Waals surface area (Å²) >= 11 is 12.1. The van der Waals surface area contributed by atoms with Gasteiger partial charge in [0.15, 0.2) is 6.61 Å².